The van der Waals surface area contributed by atoms with Crippen molar-refractivity contribution in [3.05, 3.63) is 0 Å². The first kappa shape index (κ1) is 9.48. The summed E-state index contributed by atoms with van der Waals surface area (Å²) in [4.78, 5) is 10.6. The smallest absolute Gasteiger partial charge is 0.364 e. The van der Waals surface area contributed by atoms with E-state index in [0.29, 0.717) is 6.42 Å². The van der Waals surface area contributed by atoms with Crippen molar-refractivity contribution >= 4 is 5.97 Å². The number of hydrogen-bond acceptors (Lipinski definition) is 3. The van der Waals surface area contributed by atoms with Crippen LogP contribution in [0.3, 0.4) is 0 Å². The van der Waals surface area contributed by atoms with Crippen molar-refractivity contribution < 1.29 is 19.7 Å². The maximum Gasteiger partial charge on any atom is 0.364 e. The van der Waals surface area contributed by atoms with Crippen LogP contribution in [0.15, 0.2) is 0 Å². The van der Waals surface area contributed by atoms with Crippen molar-refractivity contribution in [3.8, 4) is 0 Å². The van der Waals surface area contributed by atoms with Crippen LogP contribution in [0.1, 0.15) is 33.1 Å². The van der Waals surface area contributed by atoms with Crippen LogP contribution in [0.4, 0.5) is 0 Å². The number of hydrogen-bond donors (Lipinski definition) is 2. The Kier molecular flexibility index (Phi) is 2.14. The summed E-state index contributed by atoms with van der Waals surface area (Å²) in [5.74, 6) is -3.27. The van der Waals surface area contributed by atoms with Gasteiger partial charge < -0.3 is 14.9 Å². The summed E-state index contributed by atoms with van der Waals surface area (Å²) in [6, 6.07) is 0. The van der Waals surface area contributed by atoms with E-state index in [9.17, 15) is 9.90 Å². The summed E-state index contributed by atoms with van der Waals surface area (Å²) in [7, 11) is 0. The van der Waals surface area contributed by atoms with Crippen LogP contribution >= 0.6 is 0 Å². The van der Waals surface area contributed by atoms with E-state index >= 15 is 0 Å². The summed E-state index contributed by atoms with van der Waals surface area (Å²) in [6.45, 7) is 3.56. The van der Waals surface area contributed by atoms with Gasteiger partial charge in [0, 0.05) is 6.42 Å². The van der Waals surface area contributed by atoms with Gasteiger partial charge in [0.1, 0.15) is 0 Å². The molecule has 1 aliphatic heterocycles. The van der Waals surface area contributed by atoms with Gasteiger partial charge in [0.25, 0.3) is 5.79 Å². The highest BCUT2D eigenvalue weighted by molar-refractivity contribution is 5.75. The molecule has 4 heteroatoms. The van der Waals surface area contributed by atoms with Crippen LogP contribution in [0, 0.1) is 0 Å². The lowest BCUT2D eigenvalue weighted by atomic mass is 9.93. The summed E-state index contributed by atoms with van der Waals surface area (Å²) in [5, 5.41) is 18.1. The molecule has 1 heterocycles. The molecule has 1 unspecified atom stereocenters. The molecule has 0 spiro atoms. The molecule has 0 aliphatic carbocycles. The topological polar surface area (TPSA) is 66.8 Å². The highest BCUT2D eigenvalue weighted by atomic mass is 16.7. The zero-order valence-electron chi connectivity index (χ0n) is 7.33. The quantitative estimate of drug-likeness (QED) is 0.615. The number of aliphatic carboxylic acids is 1. The second-order valence-corrected chi connectivity index (χ2v) is 3.80. The summed E-state index contributed by atoms with van der Waals surface area (Å²) >= 11 is 0. The zero-order valence-corrected chi connectivity index (χ0v) is 7.33. The lowest BCUT2D eigenvalue weighted by Crippen LogP contribution is -2.50. The largest absolute Gasteiger partial charge is 0.477 e. The average molecular weight is 174 g/mol. The standard InChI is InChI=1S/C8H14O4/c1-7(2)4-3-5-8(11,12-7)6(9)10/h11H,3-5H2,1-2H3,(H,9,10). The third kappa shape index (κ3) is 1.76. The molecule has 1 rings (SSSR count). The Morgan fingerprint density at radius 1 is 1.42 bits per heavy atom. The first-order valence-corrected chi connectivity index (χ1v) is 4.02. The van der Waals surface area contributed by atoms with Crippen LogP contribution in [0.5, 0.6) is 0 Å². The molecular formula is C8H14O4. The van der Waals surface area contributed by atoms with E-state index in [2.05, 4.69) is 0 Å². The monoisotopic (exact) mass is 174 g/mol. The van der Waals surface area contributed by atoms with Crippen molar-refractivity contribution in [1.29, 1.82) is 0 Å². The highest BCUT2D eigenvalue weighted by Gasteiger charge is 2.45. The minimum absolute atomic E-state index is 0.172. The molecule has 0 aromatic rings. The van der Waals surface area contributed by atoms with Gasteiger partial charge in [-0.2, -0.15) is 0 Å². The van der Waals surface area contributed by atoms with Gasteiger partial charge in [-0.05, 0) is 26.7 Å². The van der Waals surface area contributed by atoms with E-state index in [1.807, 2.05) is 0 Å². The second kappa shape index (κ2) is 2.71. The van der Waals surface area contributed by atoms with Gasteiger partial charge in [-0.15, -0.1) is 0 Å². The number of aliphatic hydroxyl groups is 1. The zero-order chi connectivity index (χ0) is 9.41. The van der Waals surface area contributed by atoms with Gasteiger partial charge in [0.15, 0.2) is 0 Å². The minimum atomic E-state index is -1.97. The van der Waals surface area contributed by atoms with Crippen molar-refractivity contribution in [2.45, 2.75) is 44.5 Å². The van der Waals surface area contributed by atoms with Crippen LogP contribution in [0.25, 0.3) is 0 Å². The SMILES string of the molecule is CC1(C)CCCC(O)(C(=O)O)O1. The van der Waals surface area contributed by atoms with Crippen LogP contribution in [-0.4, -0.2) is 27.6 Å². The average Bonchev–Trinajstić information content (AvgIpc) is 1.83. The van der Waals surface area contributed by atoms with Gasteiger partial charge >= 0.3 is 5.97 Å². The predicted molar refractivity (Wildman–Crippen MR) is 41.6 cm³/mol. The maximum atomic E-state index is 10.6. The van der Waals surface area contributed by atoms with E-state index in [1.165, 1.54) is 0 Å². The second-order valence-electron chi connectivity index (χ2n) is 3.80. The Morgan fingerprint density at radius 3 is 2.33 bits per heavy atom. The lowest BCUT2D eigenvalue weighted by molar-refractivity contribution is -0.277. The molecule has 0 aromatic carbocycles. The normalized spacial score (nSPS) is 34.6. The Balaban J connectivity index is 2.74. The third-order valence-corrected chi connectivity index (χ3v) is 2.07. The molecular weight excluding hydrogens is 160 g/mol. The first-order chi connectivity index (χ1) is 5.36. The number of ether oxygens (including phenoxy) is 1. The Hall–Kier alpha value is -0.610. The molecule has 0 aromatic heterocycles. The van der Waals surface area contributed by atoms with Gasteiger partial charge in [-0.25, -0.2) is 4.79 Å². The van der Waals surface area contributed by atoms with E-state index in [-0.39, 0.29) is 6.42 Å². The highest BCUT2D eigenvalue weighted by Crippen LogP contribution is 2.33. The molecule has 12 heavy (non-hydrogen) atoms. The van der Waals surface area contributed by atoms with E-state index in [1.54, 1.807) is 13.8 Å². The third-order valence-electron chi connectivity index (χ3n) is 2.07. The first-order valence-electron chi connectivity index (χ1n) is 4.02. The predicted octanol–water partition coefficient (Wildman–Crippen LogP) is 0.739. The number of carbonyl (C=O) groups is 1. The summed E-state index contributed by atoms with van der Waals surface area (Å²) in [6.07, 6.45) is 1.63. The molecule has 1 aliphatic rings. The summed E-state index contributed by atoms with van der Waals surface area (Å²) < 4.78 is 5.08. The number of carboxylic acid groups (broad SMARTS) is 1. The Morgan fingerprint density at radius 2 is 2.00 bits per heavy atom. The molecule has 0 bridgehead atoms. The van der Waals surface area contributed by atoms with Crippen molar-refractivity contribution in [2.75, 3.05) is 0 Å². The van der Waals surface area contributed by atoms with Gasteiger partial charge in [-0.3, -0.25) is 0 Å². The van der Waals surface area contributed by atoms with Crippen molar-refractivity contribution in [3.63, 3.8) is 0 Å². The van der Waals surface area contributed by atoms with Gasteiger partial charge in [-0.1, -0.05) is 0 Å². The number of rotatable bonds is 1. The van der Waals surface area contributed by atoms with E-state index in [4.69, 9.17) is 9.84 Å². The molecule has 0 radical (unpaired) electrons. The van der Waals surface area contributed by atoms with Crippen LogP contribution in [-0.2, 0) is 9.53 Å². The molecule has 1 saturated heterocycles. The molecule has 70 valence electrons. The molecule has 1 atom stereocenters. The van der Waals surface area contributed by atoms with Crippen molar-refractivity contribution in [2.24, 2.45) is 0 Å². The molecule has 0 saturated carbocycles. The van der Waals surface area contributed by atoms with Crippen molar-refractivity contribution in [1.82, 2.24) is 0 Å². The minimum Gasteiger partial charge on any atom is -0.477 e. The molecule has 0 amide bonds. The van der Waals surface area contributed by atoms with E-state index < -0.39 is 17.4 Å². The van der Waals surface area contributed by atoms with Crippen LogP contribution < -0.4 is 0 Å². The lowest BCUT2D eigenvalue weighted by Gasteiger charge is -2.38. The molecule has 2 N–H and O–H groups in total. The Labute approximate surface area is 71.2 Å². The van der Waals surface area contributed by atoms with Gasteiger partial charge in [0.05, 0.1) is 5.60 Å². The molecule has 1 fully saturated rings. The number of carboxylic acids is 1. The Bertz CT molecular complexity index is 199. The van der Waals surface area contributed by atoms with Gasteiger partial charge in [0.2, 0.25) is 0 Å². The fraction of sp³-hybridized carbons (Fsp3) is 0.875. The molecule has 4 nitrogen and oxygen atoms in total. The maximum absolute atomic E-state index is 10.6. The van der Waals surface area contributed by atoms with Crippen LogP contribution in [0.2, 0.25) is 0 Å². The fourth-order valence-electron chi connectivity index (χ4n) is 1.46. The summed E-state index contributed by atoms with van der Waals surface area (Å²) in [5.41, 5.74) is -0.536. The van der Waals surface area contributed by atoms with E-state index in [0.717, 1.165) is 6.42 Å². The fourth-order valence-corrected chi connectivity index (χ4v) is 1.46.